The van der Waals surface area contributed by atoms with E-state index in [1.165, 1.54) is 0 Å². The summed E-state index contributed by atoms with van der Waals surface area (Å²) in [7, 11) is 0. The zero-order valence-electron chi connectivity index (χ0n) is 11.2. The Bertz CT molecular complexity index is 814. The van der Waals surface area contributed by atoms with Gasteiger partial charge in [-0.2, -0.15) is 9.36 Å². The molecule has 1 aromatic heterocycles. The number of aromatic nitrogens is 2. The first-order valence-corrected chi connectivity index (χ1v) is 7.21. The number of rotatable bonds is 4. The Hall–Kier alpha value is -2.47. The van der Waals surface area contributed by atoms with Crippen molar-refractivity contribution in [1.29, 1.82) is 0 Å². The lowest BCUT2D eigenvalue weighted by Gasteiger charge is -2.07. The standard InChI is InChI=1S/C15H12N2O3S/c1-2-13-16-15(21-17-13)20-12-8-10-6-4-3-5-9(10)7-11(12)14(18)19/h3-8H,2H2,1H3,(H,18,19). The van der Waals surface area contributed by atoms with Crippen LogP contribution in [0.5, 0.6) is 10.9 Å². The van der Waals surface area contributed by atoms with Crippen molar-refractivity contribution in [1.82, 2.24) is 9.36 Å². The lowest BCUT2D eigenvalue weighted by molar-refractivity contribution is 0.0694. The van der Waals surface area contributed by atoms with E-state index in [2.05, 4.69) is 9.36 Å². The monoisotopic (exact) mass is 300 g/mol. The molecule has 106 valence electrons. The maximum atomic E-state index is 11.4. The van der Waals surface area contributed by atoms with Crippen molar-refractivity contribution in [3.05, 3.63) is 47.8 Å². The summed E-state index contributed by atoms with van der Waals surface area (Å²) in [5, 5.41) is 11.5. The van der Waals surface area contributed by atoms with Crippen LogP contribution in [0.1, 0.15) is 23.1 Å². The van der Waals surface area contributed by atoms with Gasteiger partial charge in [-0.1, -0.05) is 31.2 Å². The molecule has 3 rings (SSSR count). The van der Waals surface area contributed by atoms with Crippen molar-refractivity contribution >= 4 is 28.3 Å². The molecule has 3 aromatic rings. The van der Waals surface area contributed by atoms with Crippen molar-refractivity contribution in [2.45, 2.75) is 13.3 Å². The van der Waals surface area contributed by atoms with Crippen molar-refractivity contribution in [3.8, 4) is 10.9 Å². The largest absolute Gasteiger partial charge is 0.478 e. The maximum absolute atomic E-state index is 11.4. The molecule has 0 radical (unpaired) electrons. The van der Waals surface area contributed by atoms with Gasteiger partial charge in [-0.3, -0.25) is 0 Å². The number of carbonyl (C=O) groups is 1. The molecule has 0 fully saturated rings. The van der Waals surface area contributed by atoms with Crippen LogP contribution in [0.3, 0.4) is 0 Å². The Kier molecular flexibility index (Phi) is 3.53. The average Bonchev–Trinajstić information content (AvgIpc) is 2.94. The summed E-state index contributed by atoms with van der Waals surface area (Å²) in [6.07, 6.45) is 0.712. The van der Waals surface area contributed by atoms with Gasteiger partial charge in [0.05, 0.1) is 0 Å². The smallest absolute Gasteiger partial charge is 0.339 e. The van der Waals surface area contributed by atoms with Crippen LogP contribution in [0.4, 0.5) is 0 Å². The number of ether oxygens (including phenoxy) is 1. The Labute approximate surface area is 125 Å². The molecule has 0 amide bonds. The molecule has 2 aromatic carbocycles. The fourth-order valence-electron chi connectivity index (χ4n) is 1.99. The van der Waals surface area contributed by atoms with Crippen LogP contribution in [0.2, 0.25) is 0 Å². The summed E-state index contributed by atoms with van der Waals surface area (Å²) in [5.74, 6) is -0.0661. The van der Waals surface area contributed by atoms with Gasteiger partial charge in [0.2, 0.25) is 0 Å². The average molecular weight is 300 g/mol. The van der Waals surface area contributed by atoms with Gasteiger partial charge < -0.3 is 9.84 Å². The van der Waals surface area contributed by atoms with E-state index >= 15 is 0 Å². The summed E-state index contributed by atoms with van der Waals surface area (Å²) in [4.78, 5) is 15.6. The molecule has 0 aliphatic carbocycles. The number of fused-ring (bicyclic) bond motifs is 1. The second kappa shape index (κ2) is 5.49. The van der Waals surface area contributed by atoms with Crippen LogP contribution in [-0.4, -0.2) is 20.4 Å². The van der Waals surface area contributed by atoms with Crippen LogP contribution >= 0.6 is 11.5 Å². The highest BCUT2D eigenvalue weighted by molar-refractivity contribution is 7.07. The predicted molar refractivity (Wildman–Crippen MR) is 80.3 cm³/mol. The molecule has 0 spiro atoms. The third kappa shape index (κ3) is 2.71. The number of carboxylic acid groups (broad SMARTS) is 1. The highest BCUT2D eigenvalue weighted by Crippen LogP contribution is 2.31. The summed E-state index contributed by atoms with van der Waals surface area (Å²) >= 11 is 1.12. The predicted octanol–water partition coefficient (Wildman–Crippen LogP) is 3.74. The van der Waals surface area contributed by atoms with Gasteiger partial charge in [0, 0.05) is 18.0 Å². The van der Waals surface area contributed by atoms with Crippen LogP contribution in [0, 0.1) is 0 Å². The van der Waals surface area contributed by atoms with Gasteiger partial charge in [0.25, 0.3) is 5.19 Å². The van der Waals surface area contributed by atoms with Crippen LogP contribution < -0.4 is 4.74 Å². The number of carboxylic acids is 1. The minimum Gasteiger partial charge on any atom is -0.478 e. The van der Waals surface area contributed by atoms with E-state index in [-0.39, 0.29) is 11.3 Å². The number of hydrogen-bond donors (Lipinski definition) is 1. The number of aromatic carboxylic acids is 1. The van der Waals surface area contributed by atoms with E-state index in [0.29, 0.717) is 17.4 Å². The van der Waals surface area contributed by atoms with Crippen molar-refractivity contribution in [2.24, 2.45) is 0 Å². The summed E-state index contributed by atoms with van der Waals surface area (Å²) < 4.78 is 9.75. The molecular formula is C15H12N2O3S. The Morgan fingerprint density at radius 3 is 2.62 bits per heavy atom. The van der Waals surface area contributed by atoms with Crippen molar-refractivity contribution < 1.29 is 14.6 Å². The Morgan fingerprint density at radius 1 is 1.29 bits per heavy atom. The molecule has 1 N–H and O–H groups in total. The number of nitrogens with zero attached hydrogens (tertiary/aromatic N) is 2. The first kappa shape index (κ1) is 13.5. The Balaban J connectivity index is 2.06. The molecule has 0 aliphatic rings. The zero-order valence-corrected chi connectivity index (χ0v) is 12.1. The lowest BCUT2D eigenvalue weighted by Crippen LogP contribution is -2.00. The molecule has 5 nitrogen and oxygen atoms in total. The number of benzene rings is 2. The van der Waals surface area contributed by atoms with E-state index in [1.807, 2.05) is 31.2 Å². The summed E-state index contributed by atoms with van der Waals surface area (Å²) in [5.41, 5.74) is 0.113. The van der Waals surface area contributed by atoms with E-state index in [0.717, 1.165) is 22.3 Å². The van der Waals surface area contributed by atoms with E-state index < -0.39 is 5.97 Å². The first-order valence-electron chi connectivity index (χ1n) is 6.44. The topological polar surface area (TPSA) is 72.3 Å². The summed E-state index contributed by atoms with van der Waals surface area (Å²) in [6.45, 7) is 1.95. The lowest BCUT2D eigenvalue weighted by atomic mass is 10.1. The third-order valence-electron chi connectivity index (χ3n) is 3.04. The fraction of sp³-hybridized carbons (Fsp3) is 0.133. The zero-order chi connectivity index (χ0) is 14.8. The molecule has 0 saturated heterocycles. The minimum absolute atomic E-state index is 0.113. The van der Waals surface area contributed by atoms with Gasteiger partial charge in [0.15, 0.2) is 0 Å². The fourth-order valence-corrected chi connectivity index (χ4v) is 2.61. The SMILES string of the molecule is CCc1nsc(Oc2cc3ccccc3cc2C(=O)O)n1. The highest BCUT2D eigenvalue weighted by Gasteiger charge is 2.15. The van der Waals surface area contributed by atoms with Crippen molar-refractivity contribution in [2.75, 3.05) is 0 Å². The molecule has 1 heterocycles. The van der Waals surface area contributed by atoms with Crippen LogP contribution in [0.15, 0.2) is 36.4 Å². The van der Waals surface area contributed by atoms with Gasteiger partial charge in [-0.25, -0.2) is 4.79 Å². The normalized spacial score (nSPS) is 10.7. The van der Waals surface area contributed by atoms with Gasteiger partial charge in [0.1, 0.15) is 17.1 Å². The minimum atomic E-state index is -1.03. The molecule has 6 heteroatoms. The Morgan fingerprint density at radius 2 is 2.00 bits per heavy atom. The van der Waals surface area contributed by atoms with Crippen molar-refractivity contribution in [3.63, 3.8) is 0 Å². The molecule has 0 atom stereocenters. The second-order valence-electron chi connectivity index (χ2n) is 4.43. The van der Waals surface area contributed by atoms with Gasteiger partial charge in [-0.15, -0.1) is 0 Å². The van der Waals surface area contributed by atoms with Gasteiger partial charge >= 0.3 is 5.97 Å². The van der Waals surface area contributed by atoms with Gasteiger partial charge in [-0.05, 0) is 22.9 Å². The second-order valence-corrected chi connectivity index (χ2v) is 5.15. The highest BCUT2D eigenvalue weighted by atomic mass is 32.1. The number of hydrogen-bond acceptors (Lipinski definition) is 5. The molecule has 0 saturated carbocycles. The molecule has 0 bridgehead atoms. The quantitative estimate of drug-likeness (QED) is 0.794. The van der Waals surface area contributed by atoms with E-state index in [9.17, 15) is 9.90 Å². The molecule has 21 heavy (non-hydrogen) atoms. The van der Waals surface area contributed by atoms with E-state index in [4.69, 9.17) is 4.74 Å². The molecule has 0 unspecified atom stereocenters. The third-order valence-corrected chi connectivity index (χ3v) is 3.67. The molecular weight excluding hydrogens is 288 g/mol. The number of aryl methyl sites for hydroxylation is 1. The summed E-state index contributed by atoms with van der Waals surface area (Å²) in [6, 6.07) is 10.9. The van der Waals surface area contributed by atoms with Crippen LogP contribution in [-0.2, 0) is 6.42 Å². The first-order chi connectivity index (χ1) is 10.2. The molecule has 0 aliphatic heterocycles. The maximum Gasteiger partial charge on any atom is 0.339 e. The van der Waals surface area contributed by atoms with Crippen LogP contribution in [0.25, 0.3) is 10.8 Å². The van der Waals surface area contributed by atoms with E-state index in [1.54, 1.807) is 12.1 Å².